The first-order valence-corrected chi connectivity index (χ1v) is 7.10. The average molecular weight is 264 g/mol. The van der Waals surface area contributed by atoms with Crippen molar-refractivity contribution in [2.24, 2.45) is 0 Å². The molecule has 0 fully saturated rings. The van der Waals surface area contributed by atoms with Gasteiger partial charge in [-0.3, -0.25) is 0 Å². The monoisotopic (exact) mass is 264 g/mol. The Labute approximate surface area is 105 Å². The standard InChI is InChI=1S/C13H12O4S/c1-18(16,17)13-5-3-2-4-10(13)11-8-9(14)6-7-12(11)15/h2-8,14-15H,1H3. The Kier molecular flexibility index (Phi) is 3.00. The molecule has 5 heteroatoms. The molecule has 0 radical (unpaired) electrons. The van der Waals surface area contributed by atoms with Gasteiger partial charge in [-0.25, -0.2) is 8.42 Å². The molecule has 0 spiro atoms. The molecular weight excluding hydrogens is 252 g/mol. The zero-order valence-electron chi connectivity index (χ0n) is 9.66. The Balaban J connectivity index is 2.76. The van der Waals surface area contributed by atoms with Gasteiger partial charge in [0.1, 0.15) is 11.5 Å². The minimum absolute atomic E-state index is 0.0360. The van der Waals surface area contributed by atoms with Crippen molar-refractivity contribution in [3.05, 3.63) is 42.5 Å². The van der Waals surface area contributed by atoms with Crippen LogP contribution in [0.1, 0.15) is 0 Å². The lowest BCUT2D eigenvalue weighted by Gasteiger charge is -2.10. The van der Waals surface area contributed by atoms with Crippen molar-refractivity contribution in [1.29, 1.82) is 0 Å². The van der Waals surface area contributed by atoms with E-state index in [1.807, 2.05) is 0 Å². The first kappa shape index (κ1) is 12.4. The van der Waals surface area contributed by atoms with E-state index in [0.717, 1.165) is 6.26 Å². The molecule has 0 unspecified atom stereocenters. The van der Waals surface area contributed by atoms with Gasteiger partial charge in [-0.1, -0.05) is 18.2 Å². The van der Waals surface area contributed by atoms with Gasteiger partial charge in [0.15, 0.2) is 9.84 Å². The largest absolute Gasteiger partial charge is 0.508 e. The van der Waals surface area contributed by atoms with Crippen molar-refractivity contribution < 1.29 is 18.6 Å². The van der Waals surface area contributed by atoms with Crippen LogP contribution >= 0.6 is 0 Å². The van der Waals surface area contributed by atoms with Crippen molar-refractivity contribution in [3.63, 3.8) is 0 Å². The topological polar surface area (TPSA) is 74.6 Å². The second kappa shape index (κ2) is 4.34. The maximum absolute atomic E-state index is 11.7. The van der Waals surface area contributed by atoms with E-state index >= 15 is 0 Å². The van der Waals surface area contributed by atoms with E-state index in [1.54, 1.807) is 18.2 Å². The molecule has 2 aromatic rings. The van der Waals surface area contributed by atoms with Crippen LogP contribution in [-0.2, 0) is 9.84 Å². The Bertz CT molecular complexity index is 690. The highest BCUT2D eigenvalue weighted by atomic mass is 32.2. The number of hydrogen-bond donors (Lipinski definition) is 2. The smallest absolute Gasteiger partial charge is 0.176 e. The maximum Gasteiger partial charge on any atom is 0.176 e. The fourth-order valence-corrected chi connectivity index (χ4v) is 2.66. The lowest BCUT2D eigenvalue weighted by molar-refractivity contribution is 0.462. The van der Waals surface area contributed by atoms with E-state index in [-0.39, 0.29) is 22.0 Å². The lowest BCUT2D eigenvalue weighted by atomic mass is 10.0. The summed E-state index contributed by atoms with van der Waals surface area (Å²) in [5.41, 5.74) is 0.657. The number of phenolic OH excluding ortho intramolecular Hbond substituents is 2. The Morgan fingerprint density at radius 3 is 2.28 bits per heavy atom. The van der Waals surface area contributed by atoms with Crippen molar-refractivity contribution in [2.75, 3.05) is 6.26 Å². The number of rotatable bonds is 2. The third-order valence-electron chi connectivity index (χ3n) is 2.56. The molecule has 0 bridgehead atoms. The SMILES string of the molecule is CS(=O)(=O)c1ccccc1-c1cc(O)ccc1O. The van der Waals surface area contributed by atoms with Crippen molar-refractivity contribution in [1.82, 2.24) is 0 Å². The minimum atomic E-state index is -3.40. The average Bonchev–Trinajstić information content (AvgIpc) is 2.31. The van der Waals surface area contributed by atoms with Crippen LogP contribution in [0.25, 0.3) is 11.1 Å². The van der Waals surface area contributed by atoms with Crippen LogP contribution in [0.5, 0.6) is 11.5 Å². The predicted octanol–water partition coefficient (Wildman–Crippen LogP) is 2.17. The molecule has 0 saturated carbocycles. The molecule has 0 heterocycles. The van der Waals surface area contributed by atoms with Gasteiger partial charge < -0.3 is 10.2 Å². The Hall–Kier alpha value is -2.01. The fourth-order valence-electron chi connectivity index (χ4n) is 1.75. The number of aromatic hydroxyl groups is 2. The summed E-state index contributed by atoms with van der Waals surface area (Å²) in [5.74, 6) is -0.116. The highest BCUT2D eigenvalue weighted by Gasteiger charge is 2.16. The fraction of sp³-hybridized carbons (Fsp3) is 0.0769. The van der Waals surface area contributed by atoms with E-state index in [4.69, 9.17) is 0 Å². The molecule has 2 rings (SSSR count). The van der Waals surface area contributed by atoms with Crippen molar-refractivity contribution >= 4 is 9.84 Å². The van der Waals surface area contributed by atoms with Crippen LogP contribution in [0.15, 0.2) is 47.4 Å². The number of sulfone groups is 1. The lowest BCUT2D eigenvalue weighted by Crippen LogP contribution is -1.99. The van der Waals surface area contributed by atoms with Gasteiger partial charge in [0.25, 0.3) is 0 Å². The molecule has 0 amide bonds. The first-order chi connectivity index (χ1) is 8.39. The molecule has 0 aromatic heterocycles. The molecular formula is C13H12O4S. The summed E-state index contributed by atoms with van der Waals surface area (Å²) in [6.07, 6.45) is 1.10. The molecule has 0 atom stereocenters. The maximum atomic E-state index is 11.7. The molecule has 0 saturated heterocycles. The molecule has 2 N–H and O–H groups in total. The molecule has 18 heavy (non-hydrogen) atoms. The van der Waals surface area contributed by atoms with Crippen LogP contribution in [0, 0.1) is 0 Å². The van der Waals surface area contributed by atoms with Crippen molar-refractivity contribution in [3.8, 4) is 22.6 Å². The normalized spacial score (nSPS) is 11.4. The van der Waals surface area contributed by atoms with Crippen LogP contribution in [-0.4, -0.2) is 24.9 Å². The Morgan fingerprint density at radius 2 is 1.61 bits per heavy atom. The van der Waals surface area contributed by atoms with E-state index < -0.39 is 9.84 Å². The summed E-state index contributed by atoms with van der Waals surface area (Å²) >= 11 is 0. The van der Waals surface area contributed by atoms with E-state index in [0.29, 0.717) is 5.56 Å². The predicted molar refractivity (Wildman–Crippen MR) is 68.3 cm³/mol. The molecule has 0 aliphatic rings. The third kappa shape index (κ3) is 2.31. The Morgan fingerprint density at radius 1 is 0.944 bits per heavy atom. The van der Waals surface area contributed by atoms with Crippen LogP contribution in [0.3, 0.4) is 0 Å². The molecule has 0 aliphatic carbocycles. The molecule has 94 valence electrons. The summed E-state index contributed by atoms with van der Waals surface area (Å²) in [6, 6.07) is 10.3. The van der Waals surface area contributed by atoms with Crippen LogP contribution in [0.4, 0.5) is 0 Å². The second-order valence-electron chi connectivity index (χ2n) is 3.97. The number of hydrogen-bond acceptors (Lipinski definition) is 4. The van der Waals surface area contributed by atoms with Gasteiger partial charge in [-0.05, 0) is 24.3 Å². The van der Waals surface area contributed by atoms with Gasteiger partial charge in [0, 0.05) is 17.4 Å². The molecule has 4 nitrogen and oxygen atoms in total. The summed E-state index contributed by atoms with van der Waals surface area (Å²) in [7, 11) is -3.40. The van der Waals surface area contributed by atoms with E-state index in [1.165, 1.54) is 24.3 Å². The van der Waals surface area contributed by atoms with Gasteiger partial charge in [-0.2, -0.15) is 0 Å². The van der Waals surface area contributed by atoms with E-state index in [2.05, 4.69) is 0 Å². The second-order valence-corrected chi connectivity index (χ2v) is 5.95. The zero-order valence-corrected chi connectivity index (χ0v) is 10.5. The number of phenols is 2. The summed E-state index contributed by atoms with van der Waals surface area (Å²) < 4.78 is 23.4. The highest BCUT2D eigenvalue weighted by molar-refractivity contribution is 7.90. The quantitative estimate of drug-likeness (QED) is 0.815. The van der Waals surface area contributed by atoms with Gasteiger partial charge in [-0.15, -0.1) is 0 Å². The number of benzene rings is 2. The van der Waals surface area contributed by atoms with Crippen LogP contribution < -0.4 is 0 Å². The van der Waals surface area contributed by atoms with Crippen molar-refractivity contribution in [2.45, 2.75) is 4.90 Å². The summed E-state index contributed by atoms with van der Waals surface area (Å²) in [5, 5.41) is 19.2. The van der Waals surface area contributed by atoms with Gasteiger partial charge in [0.2, 0.25) is 0 Å². The van der Waals surface area contributed by atoms with E-state index in [9.17, 15) is 18.6 Å². The third-order valence-corrected chi connectivity index (χ3v) is 3.71. The summed E-state index contributed by atoms with van der Waals surface area (Å²) in [4.78, 5) is 0.117. The van der Waals surface area contributed by atoms with Crippen LogP contribution in [0.2, 0.25) is 0 Å². The van der Waals surface area contributed by atoms with Gasteiger partial charge >= 0.3 is 0 Å². The first-order valence-electron chi connectivity index (χ1n) is 5.21. The molecule has 0 aliphatic heterocycles. The minimum Gasteiger partial charge on any atom is -0.508 e. The highest BCUT2D eigenvalue weighted by Crippen LogP contribution is 2.35. The molecule has 2 aromatic carbocycles. The summed E-state index contributed by atoms with van der Waals surface area (Å²) in [6.45, 7) is 0. The zero-order chi connectivity index (χ0) is 13.3. The van der Waals surface area contributed by atoms with Gasteiger partial charge in [0.05, 0.1) is 4.90 Å².